The standard InChI is InChI=1S/C27H20O5/c28-19-13-11-16(12-14-19)21-15-20(29)24-26(31)22(17-7-3-1-4-8-17)25(30)23(27(24)32-21)18-9-5-2-6-10-18/h1-14,21,28,30-31H,15H2. The molecular weight excluding hydrogens is 404 g/mol. The molecule has 0 amide bonds. The summed E-state index contributed by atoms with van der Waals surface area (Å²) in [4.78, 5) is 13.3. The highest BCUT2D eigenvalue weighted by Crippen LogP contribution is 2.55. The molecule has 4 aromatic rings. The molecule has 1 aliphatic heterocycles. The van der Waals surface area contributed by atoms with Crippen LogP contribution in [0.3, 0.4) is 0 Å². The van der Waals surface area contributed by atoms with Crippen LogP contribution >= 0.6 is 0 Å². The number of aromatic hydroxyl groups is 3. The summed E-state index contributed by atoms with van der Waals surface area (Å²) in [5.74, 6) is -0.462. The zero-order chi connectivity index (χ0) is 22.2. The van der Waals surface area contributed by atoms with Crippen LogP contribution in [-0.2, 0) is 0 Å². The van der Waals surface area contributed by atoms with E-state index in [1.54, 1.807) is 36.4 Å². The Morgan fingerprint density at radius 2 is 1.19 bits per heavy atom. The van der Waals surface area contributed by atoms with Gasteiger partial charge < -0.3 is 20.1 Å². The van der Waals surface area contributed by atoms with E-state index in [0.717, 1.165) is 0 Å². The smallest absolute Gasteiger partial charge is 0.174 e. The van der Waals surface area contributed by atoms with Gasteiger partial charge in [0.1, 0.15) is 34.7 Å². The summed E-state index contributed by atoms with van der Waals surface area (Å²) < 4.78 is 6.24. The van der Waals surface area contributed by atoms with Crippen molar-refractivity contribution in [3.63, 3.8) is 0 Å². The number of carbonyl (C=O) groups excluding carboxylic acids is 1. The van der Waals surface area contributed by atoms with E-state index in [9.17, 15) is 20.1 Å². The van der Waals surface area contributed by atoms with E-state index in [0.29, 0.717) is 22.3 Å². The fourth-order valence-corrected chi connectivity index (χ4v) is 4.16. The highest BCUT2D eigenvalue weighted by atomic mass is 16.5. The second-order valence-corrected chi connectivity index (χ2v) is 7.71. The molecule has 0 radical (unpaired) electrons. The second kappa shape index (κ2) is 7.78. The molecule has 1 unspecified atom stereocenters. The SMILES string of the molecule is O=C1CC(c2ccc(O)cc2)Oc2c1c(O)c(-c1ccccc1)c(O)c2-c1ccccc1. The lowest BCUT2D eigenvalue weighted by atomic mass is 9.87. The number of phenolic OH excluding ortho intramolecular Hbond substituents is 3. The van der Waals surface area contributed by atoms with Gasteiger partial charge in [0.05, 0.1) is 17.5 Å². The quantitative estimate of drug-likeness (QED) is 0.384. The molecule has 0 aliphatic carbocycles. The third-order valence-corrected chi connectivity index (χ3v) is 5.70. The molecule has 0 saturated heterocycles. The topological polar surface area (TPSA) is 87.0 Å². The van der Waals surface area contributed by atoms with Gasteiger partial charge in [-0.05, 0) is 28.8 Å². The van der Waals surface area contributed by atoms with E-state index in [1.807, 2.05) is 36.4 Å². The van der Waals surface area contributed by atoms with Crippen molar-refractivity contribution in [3.05, 3.63) is 96.1 Å². The molecule has 0 saturated carbocycles. The van der Waals surface area contributed by atoms with Crippen molar-refractivity contribution in [2.24, 2.45) is 0 Å². The van der Waals surface area contributed by atoms with Crippen molar-refractivity contribution in [2.45, 2.75) is 12.5 Å². The second-order valence-electron chi connectivity index (χ2n) is 7.71. The molecule has 0 aromatic heterocycles. The van der Waals surface area contributed by atoms with E-state index in [4.69, 9.17) is 4.74 Å². The van der Waals surface area contributed by atoms with E-state index >= 15 is 0 Å². The van der Waals surface area contributed by atoms with Crippen molar-refractivity contribution < 1.29 is 24.9 Å². The third kappa shape index (κ3) is 3.24. The Morgan fingerprint density at radius 1 is 0.656 bits per heavy atom. The molecule has 1 aliphatic rings. The van der Waals surface area contributed by atoms with Gasteiger partial charge in [-0.15, -0.1) is 0 Å². The van der Waals surface area contributed by atoms with Gasteiger partial charge in [-0.25, -0.2) is 0 Å². The molecule has 5 heteroatoms. The highest BCUT2D eigenvalue weighted by Gasteiger charge is 2.36. The minimum Gasteiger partial charge on any atom is -0.508 e. The van der Waals surface area contributed by atoms with Gasteiger partial charge in [-0.2, -0.15) is 0 Å². The Bertz CT molecular complexity index is 1300. The van der Waals surface area contributed by atoms with Crippen molar-refractivity contribution in [1.82, 2.24) is 0 Å². The predicted molar refractivity (Wildman–Crippen MR) is 121 cm³/mol. The molecule has 3 N–H and O–H groups in total. The highest BCUT2D eigenvalue weighted by molar-refractivity contribution is 6.09. The van der Waals surface area contributed by atoms with Crippen LogP contribution in [0.1, 0.15) is 28.4 Å². The number of Topliss-reactive ketones (excluding diaryl/α,β-unsaturated/α-hetero) is 1. The van der Waals surface area contributed by atoms with E-state index in [-0.39, 0.29) is 46.3 Å². The summed E-state index contributed by atoms with van der Waals surface area (Å²) in [6.07, 6.45) is -0.585. The fraction of sp³-hybridized carbons (Fsp3) is 0.0741. The molecule has 1 heterocycles. The summed E-state index contributed by atoms with van der Waals surface area (Å²) >= 11 is 0. The lowest BCUT2D eigenvalue weighted by molar-refractivity contribution is 0.0846. The number of rotatable bonds is 3. The van der Waals surface area contributed by atoms with Crippen molar-refractivity contribution in [2.75, 3.05) is 0 Å². The number of ether oxygens (including phenoxy) is 1. The summed E-state index contributed by atoms with van der Waals surface area (Å²) in [7, 11) is 0. The van der Waals surface area contributed by atoms with Crippen LogP contribution in [0.15, 0.2) is 84.9 Å². The van der Waals surface area contributed by atoms with Crippen LogP contribution in [0.2, 0.25) is 0 Å². The molecule has 5 nitrogen and oxygen atoms in total. The number of carbonyl (C=O) groups is 1. The lowest BCUT2D eigenvalue weighted by Crippen LogP contribution is -2.21. The first-order chi connectivity index (χ1) is 15.5. The molecule has 0 fully saturated rings. The Balaban J connectivity index is 1.76. The molecule has 158 valence electrons. The van der Waals surface area contributed by atoms with Crippen LogP contribution in [0, 0.1) is 0 Å². The Hall–Kier alpha value is -4.25. The molecule has 1 atom stereocenters. The van der Waals surface area contributed by atoms with Crippen LogP contribution in [-0.4, -0.2) is 21.1 Å². The monoisotopic (exact) mass is 424 g/mol. The molecule has 0 spiro atoms. The van der Waals surface area contributed by atoms with Gasteiger partial charge in [0.15, 0.2) is 5.78 Å². The first kappa shape index (κ1) is 19.7. The zero-order valence-corrected chi connectivity index (χ0v) is 17.0. The lowest BCUT2D eigenvalue weighted by Gasteiger charge is -2.29. The Morgan fingerprint density at radius 3 is 1.78 bits per heavy atom. The summed E-state index contributed by atoms with van der Waals surface area (Å²) in [6.45, 7) is 0. The minimum atomic E-state index is -0.612. The maximum absolute atomic E-state index is 13.3. The third-order valence-electron chi connectivity index (χ3n) is 5.70. The van der Waals surface area contributed by atoms with Crippen molar-refractivity contribution in [1.29, 1.82) is 0 Å². The minimum absolute atomic E-state index is 0.0264. The van der Waals surface area contributed by atoms with Crippen LogP contribution in [0.5, 0.6) is 23.0 Å². The van der Waals surface area contributed by atoms with Crippen LogP contribution in [0.25, 0.3) is 22.3 Å². The van der Waals surface area contributed by atoms with Gasteiger partial charge in [-0.1, -0.05) is 72.8 Å². The molecule has 4 aromatic carbocycles. The zero-order valence-electron chi connectivity index (χ0n) is 17.0. The Labute approximate surface area is 184 Å². The number of hydrogen-bond acceptors (Lipinski definition) is 5. The van der Waals surface area contributed by atoms with E-state index in [1.165, 1.54) is 12.1 Å². The molecular formula is C27H20O5. The summed E-state index contributed by atoms with van der Waals surface area (Å²) in [5, 5.41) is 32.0. The largest absolute Gasteiger partial charge is 0.508 e. The molecule has 0 bridgehead atoms. The summed E-state index contributed by atoms with van der Waals surface area (Å²) in [6, 6.07) is 24.6. The number of fused-ring (bicyclic) bond motifs is 1. The van der Waals surface area contributed by atoms with Crippen LogP contribution in [0.4, 0.5) is 0 Å². The van der Waals surface area contributed by atoms with E-state index < -0.39 is 6.10 Å². The molecule has 5 rings (SSSR count). The average molecular weight is 424 g/mol. The number of phenols is 3. The Kier molecular flexibility index (Phi) is 4.79. The van der Waals surface area contributed by atoms with Gasteiger partial charge in [-0.3, -0.25) is 4.79 Å². The van der Waals surface area contributed by atoms with E-state index in [2.05, 4.69) is 0 Å². The maximum atomic E-state index is 13.3. The van der Waals surface area contributed by atoms with Gasteiger partial charge >= 0.3 is 0 Å². The first-order valence-electron chi connectivity index (χ1n) is 10.3. The van der Waals surface area contributed by atoms with Crippen molar-refractivity contribution in [3.8, 4) is 45.3 Å². The first-order valence-corrected chi connectivity index (χ1v) is 10.3. The average Bonchev–Trinajstić information content (AvgIpc) is 2.80. The predicted octanol–water partition coefficient (Wildman–Crippen LogP) is 5.84. The fourth-order valence-electron chi connectivity index (χ4n) is 4.16. The number of benzene rings is 4. The van der Waals surface area contributed by atoms with Gasteiger partial charge in [0.2, 0.25) is 0 Å². The normalized spacial score (nSPS) is 15.1. The van der Waals surface area contributed by atoms with Crippen LogP contribution < -0.4 is 4.74 Å². The number of hydrogen-bond donors (Lipinski definition) is 3. The molecule has 32 heavy (non-hydrogen) atoms. The maximum Gasteiger partial charge on any atom is 0.174 e. The summed E-state index contributed by atoms with van der Waals surface area (Å²) in [5.41, 5.74) is 2.59. The van der Waals surface area contributed by atoms with Gasteiger partial charge in [0.25, 0.3) is 0 Å². The number of ketones is 1. The van der Waals surface area contributed by atoms with Crippen molar-refractivity contribution >= 4 is 5.78 Å². The van der Waals surface area contributed by atoms with Gasteiger partial charge in [0, 0.05) is 0 Å².